The van der Waals surface area contributed by atoms with Gasteiger partial charge in [-0.3, -0.25) is 4.79 Å². The average molecular weight is 496 g/mol. The van der Waals surface area contributed by atoms with Crippen LogP contribution in [0.2, 0.25) is 0 Å². The Balaban J connectivity index is 1.87. The molecule has 1 heterocycles. The Bertz CT molecular complexity index is 881. The lowest BCUT2D eigenvalue weighted by Crippen LogP contribution is -2.40. The van der Waals surface area contributed by atoms with Crippen molar-refractivity contribution in [3.05, 3.63) is 56.0 Å². The van der Waals surface area contributed by atoms with Gasteiger partial charge in [-0.1, -0.05) is 13.8 Å². The standard InChI is InChI=1S/C21H24Br2N2O2/c1-5-27-19-7-6-13(8-17(19)23)20(26)24-18-9-14-11-25(4)12-21(2,3)15(14)10-16(18)22/h6-10H,5,11-12H2,1-4H3,(H,24,26). The van der Waals surface area contributed by atoms with Crippen LogP contribution in [0.25, 0.3) is 0 Å². The van der Waals surface area contributed by atoms with Gasteiger partial charge < -0.3 is 15.0 Å². The summed E-state index contributed by atoms with van der Waals surface area (Å²) < 4.78 is 7.18. The number of anilines is 1. The van der Waals surface area contributed by atoms with Gasteiger partial charge in [0.2, 0.25) is 0 Å². The van der Waals surface area contributed by atoms with Crippen LogP contribution in [-0.4, -0.2) is 31.0 Å². The van der Waals surface area contributed by atoms with E-state index in [4.69, 9.17) is 4.74 Å². The van der Waals surface area contributed by atoms with Gasteiger partial charge in [-0.15, -0.1) is 0 Å². The highest BCUT2D eigenvalue weighted by molar-refractivity contribution is 9.11. The molecule has 0 fully saturated rings. The van der Waals surface area contributed by atoms with Gasteiger partial charge in [0.1, 0.15) is 5.75 Å². The molecule has 0 saturated carbocycles. The Labute approximate surface area is 177 Å². The number of carbonyl (C=O) groups excluding carboxylic acids is 1. The summed E-state index contributed by atoms with van der Waals surface area (Å²) in [6, 6.07) is 9.59. The second kappa shape index (κ2) is 7.94. The molecule has 0 radical (unpaired) electrons. The quantitative estimate of drug-likeness (QED) is 0.601. The Morgan fingerprint density at radius 1 is 1.22 bits per heavy atom. The summed E-state index contributed by atoms with van der Waals surface area (Å²) in [6.07, 6.45) is 0. The zero-order valence-electron chi connectivity index (χ0n) is 16.0. The number of halogens is 2. The highest BCUT2D eigenvalue weighted by Crippen LogP contribution is 2.38. The number of nitrogens with one attached hydrogen (secondary N) is 1. The lowest BCUT2D eigenvalue weighted by molar-refractivity contribution is 0.102. The minimum atomic E-state index is -0.150. The summed E-state index contributed by atoms with van der Waals surface area (Å²) in [7, 11) is 2.13. The van der Waals surface area contributed by atoms with Crippen LogP contribution in [-0.2, 0) is 12.0 Å². The Morgan fingerprint density at radius 3 is 2.63 bits per heavy atom. The van der Waals surface area contributed by atoms with Crippen LogP contribution in [0.15, 0.2) is 39.3 Å². The summed E-state index contributed by atoms with van der Waals surface area (Å²) in [5.74, 6) is 0.581. The lowest BCUT2D eigenvalue weighted by atomic mass is 9.78. The van der Waals surface area contributed by atoms with Gasteiger partial charge in [-0.05, 0) is 87.3 Å². The molecule has 144 valence electrons. The minimum absolute atomic E-state index is 0.0768. The van der Waals surface area contributed by atoms with E-state index in [0.29, 0.717) is 12.2 Å². The van der Waals surface area contributed by atoms with Gasteiger partial charge in [0.05, 0.1) is 16.8 Å². The molecular weight excluding hydrogens is 472 g/mol. The number of nitrogens with zero attached hydrogens (tertiary/aromatic N) is 1. The van der Waals surface area contributed by atoms with E-state index in [1.165, 1.54) is 11.1 Å². The first-order valence-electron chi connectivity index (χ1n) is 8.96. The number of rotatable bonds is 4. The zero-order chi connectivity index (χ0) is 19.8. The van der Waals surface area contributed by atoms with Crippen molar-refractivity contribution < 1.29 is 9.53 Å². The molecule has 1 amide bonds. The van der Waals surface area contributed by atoms with Gasteiger partial charge in [0.15, 0.2) is 0 Å². The molecule has 0 aromatic heterocycles. The molecule has 2 aromatic rings. The van der Waals surface area contributed by atoms with Gasteiger partial charge in [-0.2, -0.15) is 0 Å². The maximum absolute atomic E-state index is 12.7. The molecule has 6 heteroatoms. The van der Waals surface area contributed by atoms with Crippen molar-refractivity contribution in [2.75, 3.05) is 25.5 Å². The molecular formula is C21H24Br2N2O2. The van der Waals surface area contributed by atoms with Crippen LogP contribution in [0.4, 0.5) is 5.69 Å². The maximum atomic E-state index is 12.7. The largest absolute Gasteiger partial charge is 0.493 e. The second-order valence-electron chi connectivity index (χ2n) is 7.58. The van der Waals surface area contributed by atoms with E-state index in [-0.39, 0.29) is 11.3 Å². The van der Waals surface area contributed by atoms with E-state index in [2.05, 4.69) is 75.1 Å². The van der Waals surface area contributed by atoms with Crippen LogP contribution < -0.4 is 10.1 Å². The minimum Gasteiger partial charge on any atom is -0.493 e. The molecule has 0 spiro atoms. The smallest absolute Gasteiger partial charge is 0.255 e. The van der Waals surface area contributed by atoms with Crippen molar-refractivity contribution in [2.45, 2.75) is 32.7 Å². The third-order valence-corrected chi connectivity index (χ3v) is 6.05. The SMILES string of the molecule is CCOc1ccc(C(=O)Nc2cc3c(cc2Br)C(C)(C)CN(C)C3)cc1Br. The molecule has 4 nitrogen and oxygen atoms in total. The average Bonchev–Trinajstić information content (AvgIpc) is 2.57. The predicted octanol–water partition coefficient (Wildman–Crippen LogP) is 5.59. The first-order valence-corrected chi connectivity index (χ1v) is 10.5. The number of ether oxygens (including phenoxy) is 1. The van der Waals surface area contributed by atoms with Crippen molar-refractivity contribution in [3.8, 4) is 5.75 Å². The monoisotopic (exact) mass is 494 g/mol. The third-order valence-electron chi connectivity index (χ3n) is 4.77. The van der Waals surface area contributed by atoms with Crippen LogP contribution >= 0.6 is 31.9 Å². The molecule has 1 aliphatic rings. The summed E-state index contributed by atoms with van der Waals surface area (Å²) in [5.41, 5.74) is 4.02. The fraction of sp³-hybridized carbons (Fsp3) is 0.381. The number of carbonyl (C=O) groups is 1. The van der Waals surface area contributed by atoms with Crippen molar-refractivity contribution >= 4 is 43.5 Å². The maximum Gasteiger partial charge on any atom is 0.255 e. The predicted molar refractivity (Wildman–Crippen MR) is 117 cm³/mol. The second-order valence-corrected chi connectivity index (χ2v) is 9.29. The highest BCUT2D eigenvalue weighted by Gasteiger charge is 2.31. The number of amides is 1. The number of benzene rings is 2. The first kappa shape index (κ1) is 20.4. The van der Waals surface area contributed by atoms with Crippen molar-refractivity contribution in [1.82, 2.24) is 4.90 Å². The normalized spacial score (nSPS) is 15.9. The van der Waals surface area contributed by atoms with E-state index >= 15 is 0 Å². The van der Waals surface area contributed by atoms with E-state index in [9.17, 15) is 4.79 Å². The van der Waals surface area contributed by atoms with Gasteiger partial charge in [0, 0.05) is 28.5 Å². The molecule has 0 aliphatic carbocycles. The molecule has 0 unspecified atom stereocenters. The van der Waals surface area contributed by atoms with E-state index in [1.807, 2.05) is 13.0 Å². The number of hydrogen-bond donors (Lipinski definition) is 1. The lowest BCUT2D eigenvalue weighted by Gasteiger charge is -2.38. The molecule has 1 N–H and O–H groups in total. The molecule has 2 aromatic carbocycles. The molecule has 0 saturated heterocycles. The number of likely N-dealkylation sites (N-methyl/N-ethyl adjacent to an activating group) is 1. The molecule has 27 heavy (non-hydrogen) atoms. The van der Waals surface area contributed by atoms with Crippen molar-refractivity contribution in [2.24, 2.45) is 0 Å². The van der Waals surface area contributed by atoms with Crippen LogP contribution in [0.3, 0.4) is 0 Å². The molecule has 1 aliphatic heterocycles. The van der Waals surface area contributed by atoms with E-state index < -0.39 is 0 Å². The van der Waals surface area contributed by atoms with Crippen molar-refractivity contribution in [3.63, 3.8) is 0 Å². The Hall–Kier alpha value is -1.37. The molecule has 0 bridgehead atoms. The van der Waals surface area contributed by atoms with Crippen molar-refractivity contribution in [1.29, 1.82) is 0 Å². The van der Waals surface area contributed by atoms with Crippen LogP contribution in [0, 0.1) is 0 Å². The Morgan fingerprint density at radius 2 is 1.96 bits per heavy atom. The zero-order valence-corrected chi connectivity index (χ0v) is 19.2. The third kappa shape index (κ3) is 4.39. The fourth-order valence-electron chi connectivity index (χ4n) is 3.69. The highest BCUT2D eigenvalue weighted by atomic mass is 79.9. The van der Waals surface area contributed by atoms with Gasteiger partial charge >= 0.3 is 0 Å². The number of hydrogen-bond acceptors (Lipinski definition) is 3. The van der Waals surface area contributed by atoms with E-state index in [0.717, 1.165) is 33.5 Å². The van der Waals surface area contributed by atoms with Gasteiger partial charge in [-0.25, -0.2) is 0 Å². The van der Waals surface area contributed by atoms with Crippen LogP contribution in [0.1, 0.15) is 42.3 Å². The summed E-state index contributed by atoms with van der Waals surface area (Å²) in [6.45, 7) is 8.91. The molecule has 3 rings (SSSR count). The first-order chi connectivity index (χ1) is 12.7. The summed E-state index contributed by atoms with van der Waals surface area (Å²) in [4.78, 5) is 15.1. The number of fused-ring (bicyclic) bond motifs is 1. The topological polar surface area (TPSA) is 41.6 Å². The summed E-state index contributed by atoms with van der Waals surface area (Å²) in [5, 5.41) is 3.03. The van der Waals surface area contributed by atoms with E-state index in [1.54, 1.807) is 12.1 Å². The van der Waals surface area contributed by atoms with Crippen LogP contribution in [0.5, 0.6) is 5.75 Å². The Kier molecular flexibility index (Phi) is 5.99. The molecule has 0 atom stereocenters. The fourth-order valence-corrected chi connectivity index (χ4v) is 4.63. The van der Waals surface area contributed by atoms with Gasteiger partial charge in [0.25, 0.3) is 5.91 Å². The summed E-state index contributed by atoms with van der Waals surface area (Å²) >= 11 is 7.10.